The van der Waals surface area contributed by atoms with Crippen LogP contribution in [0.5, 0.6) is 0 Å². The van der Waals surface area contributed by atoms with E-state index in [9.17, 15) is 13.2 Å². The average Bonchev–Trinajstić information content (AvgIpc) is 2.27. The Morgan fingerprint density at radius 2 is 1.94 bits per heavy atom. The van der Waals surface area contributed by atoms with Gasteiger partial charge in [0.05, 0.1) is 11.8 Å². The van der Waals surface area contributed by atoms with Crippen LogP contribution in [0.3, 0.4) is 0 Å². The van der Waals surface area contributed by atoms with Gasteiger partial charge in [-0.1, -0.05) is 18.2 Å². The normalized spacial score (nSPS) is 11.4. The number of carbonyl (C=O) groups is 1. The summed E-state index contributed by atoms with van der Waals surface area (Å²) < 4.78 is 23.9. The highest BCUT2D eigenvalue weighted by Crippen LogP contribution is 2.07. The average molecular weight is 272 g/mol. The molecule has 18 heavy (non-hydrogen) atoms. The van der Waals surface area contributed by atoms with Gasteiger partial charge in [-0.05, 0) is 11.6 Å². The molecule has 0 bridgehead atoms. The first kappa shape index (κ1) is 14.6. The zero-order valence-corrected chi connectivity index (χ0v) is 10.8. The fraction of sp³-hybridized carbons (Fsp3) is 0.364. The van der Waals surface area contributed by atoms with Crippen molar-refractivity contribution < 1.29 is 18.3 Å². The molecule has 1 aromatic carbocycles. The molecule has 7 heteroatoms. The van der Waals surface area contributed by atoms with Crippen LogP contribution >= 0.6 is 0 Å². The summed E-state index contributed by atoms with van der Waals surface area (Å²) in [6, 6.07) is 6.69. The lowest BCUT2D eigenvalue weighted by Crippen LogP contribution is -2.31. The lowest BCUT2D eigenvalue weighted by molar-refractivity contribution is 0.0695. The lowest BCUT2D eigenvalue weighted by atomic mass is 10.1. The smallest absolute Gasteiger partial charge is 0.336 e. The molecule has 0 unspecified atom stereocenters. The van der Waals surface area contributed by atoms with E-state index < -0.39 is 16.0 Å². The summed E-state index contributed by atoms with van der Waals surface area (Å²) in [4.78, 5) is 10.9. The quantitative estimate of drug-likeness (QED) is 0.608. The van der Waals surface area contributed by atoms with Crippen molar-refractivity contribution in [2.24, 2.45) is 0 Å². The van der Waals surface area contributed by atoms with Crippen molar-refractivity contribution >= 4 is 16.0 Å². The maximum absolute atomic E-state index is 10.9. The highest BCUT2D eigenvalue weighted by Gasteiger charge is 2.08. The predicted octanol–water partition coefficient (Wildman–Crippen LogP) is 0.0236. The third-order valence-corrected chi connectivity index (χ3v) is 2.96. The van der Waals surface area contributed by atoms with Crippen LogP contribution in [0, 0.1) is 0 Å². The Balaban J connectivity index is 2.42. The van der Waals surface area contributed by atoms with Crippen molar-refractivity contribution in [1.82, 2.24) is 10.0 Å². The fourth-order valence-electron chi connectivity index (χ4n) is 1.43. The van der Waals surface area contributed by atoms with Crippen LogP contribution in [0.4, 0.5) is 0 Å². The van der Waals surface area contributed by atoms with E-state index in [0.717, 1.165) is 6.26 Å². The van der Waals surface area contributed by atoms with Crippen molar-refractivity contribution in [2.75, 3.05) is 19.3 Å². The molecule has 0 heterocycles. The van der Waals surface area contributed by atoms with Gasteiger partial charge >= 0.3 is 5.97 Å². The van der Waals surface area contributed by atoms with Crippen LogP contribution in [0.25, 0.3) is 0 Å². The Morgan fingerprint density at radius 1 is 1.28 bits per heavy atom. The Bertz CT molecular complexity index is 514. The second-order valence-corrected chi connectivity index (χ2v) is 5.64. The van der Waals surface area contributed by atoms with Gasteiger partial charge in [-0.25, -0.2) is 17.9 Å². The number of hydrogen-bond acceptors (Lipinski definition) is 4. The molecular weight excluding hydrogens is 256 g/mol. The monoisotopic (exact) mass is 272 g/mol. The van der Waals surface area contributed by atoms with Gasteiger partial charge in [0.25, 0.3) is 0 Å². The summed E-state index contributed by atoms with van der Waals surface area (Å²) in [5.74, 6) is -0.971. The standard InChI is InChI=1S/C11H16N2O4S/c1-18(16,17)13-7-6-12-8-9-4-2-3-5-10(9)11(14)15/h2-5,12-13H,6-8H2,1H3,(H,14,15). The van der Waals surface area contributed by atoms with Gasteiger partial charge in [-0.3, -0.25) is 0 Å². The number of rotatable bonds is 7. The zero-order chi connectivity index (χ0) is 13.6. The van der Waals surface area contributed by atoms with Crippen molar-refractivity contribution in [2.45, 2.75) is 6.54 Å². The van der Waals surface area contributed by atoms with Gasteiger partial charge in [-0.2, -0.15) is 0 Å². The van der Waals surface area contributed by atoms with Crippen LogP contribution in [-0.2, 0) is 16.6 Å². The zero-order valence-electron chi connectivity index (χ0n) is 10.0. The van der Waals surface area contributed by atoms with E-state index in [-0.39, 0.29) is 12.1 Å². The van der Waals surface area contributed by atoms with Gasteiger partial charge in [0.15, 0.2) is 0 Å². The Labute approximate surface area is 106 Å². The molecule has 0 aliphatic carbocycles. The number of aromatic carboxylic acids is 1. The van der Waals surface area contributed by atoms with E-state index in [1.165, 1.54) is 6.07 Å². The minimum Gasteiger partial charge on any atom is -0.478 e. The van der Waals surface area contributed by atoms with Crippen LogP contribution < -0.4 is 10.0 Å². The van der Waals surface area contributed by atoms with Crippen LogP contribution in [0.1, 0.15) is 15.9 Å². The molecule has 0 radical (unpaired) electrons. The van der Waals surface area contributed by atoms with E-state index in [1.807, 2.05) is 0 Å². The topological polar surface area (TPSA) is 95.5 Å². The SMILES string of the molecule is CS(=O)(=O)NCCNCc1ccccc1C(=O)O. The van der Waals surface area contributed by atoms with E-state index in [1.54, 1.807) is 18.2 Å². The Hall–Kier alpha value is -1.44. The van der Waals surface area contributed by atoms with Gasteiger partial charge in [0, 0.05) is 19.6 Å². The summed E-state index contributed by atoms with van der Waals surface area (Å²) in [5.41, 5.74) is 0.922. The highest BCUT2D eigenvalue weighted by atomic mass is 32.2. The molecule has 0 aromatic heterocycles. The summed E-state index contributed by atoms with van der Waals surface area (Å²) in [7, 11) is -3.17. The second kappa shape index (κ2) is 6.48. The van der Waals surface area contributed by atoms with Gasteiger partial charge in [-0.15, -0.1) is 0 Å². The molecule has 6 nitrogen and oxygen atoms in total. The van der Waals surface area contributed by atoms with Gasteiger partial charge in [0.1, 0.15) is 0 Å². The Kier molecular flexibility index (Phi) is 5.26. The largest absolute Gasteiger partial charge is 0.478 e. The third-order valence-electron chi connectivity index (χ3n) is 2.23. The number of carboxylic acids is 1. The van der Waals surface area contributed by atoms with Crippen LogP contribution in [-0.4, -0.2) is 38.8 Å². The van der Waals surface area contributed by atoms with E-state index >= 15 is 0 Å². The molecule has 0 saturated heterocycles. The Morgan fingerprint density at radius 3 is 2.56 bits per heavy atom. The van der Waals surface area contributed by atoms with Crippen molar-refractivity contribution in [3.05, 3.63) is 35.4 Å². The van der Waals surface area contributed by atoms with Crippen molar-refractivity contribution in [3.63, 3.8) is 0 Å². The molecule has 1 aromatic rings. The number of sulfonamides is 1. The minimum atomic E-state index is -3.17. The minimum absolute atomic E-state index is 0.251. The molecule has 0 atom stereocenters. The van der Waals surface area contributed by atoms with E-state index in [4.69, 9.17) is 5.11 Å². The van der Waals surface area contributed by atoms with Crippen molar-refractivity contribution in [3.8, 4) is 0 Å². The first-order chi connectivity index (χ1) is 8.40. The molecular formula is C11H16N2O4S. The van der Waals surface area contributed by atoms with Gasteiger partial charge in [0.2, 0.25) is 10.0 Å². The maximum atomic E-state index is 10.9. The summed E-state index contributed by atoms with van der Waals surface area (Å²) >= 11 is 0. The van der Waals surface area contributed by atoms with Gasteiger partial charge < -0.3 is 10.4 Å². The summed E-state index contributed by atoms with van der Waals surface area (Å²) in [6.07, 6.45) is 1.09. The first-order valence-electron chi connectivity index (χ1n) is 5.37. The van der Waals surface area contributed by atoms with E-state index in [0.29, 0.717) is 18.7 Å². The molecule has 0 aliphatic rings. The molecule has 0 spiro atoms. The number of nitrogens with one attached hydrogen (secondary N) is 2. The third kappa shape index (κ3) is 5.26. The van der Waals surface area contributed by atoms with Crippen LogP contribution in [0.15, 0.2) is 24.3 Å². The second-order valence-electron chi connectivity index (χ2n) is 3.81. The number of hydrogen-bond donors (Lipinski definition) is 3. The van der Waals surface area contributed by atoms with Crippen molar-refractivity contribution in [1.29, 1.82) is 0 Å². The van der Waals surface area contributed by atoms with Crippen LogP contribution in [0.2, 0.25) is 0 Å². The molecule has 0 saturated carbocycles. The summed E-state index contributed by atoms with van der Waals surface area (Å²) in [5, 5.41) is 11.9. The molecule has 0 amide bonds. The molecule has 1 rings (SSSR count). The lowest BCUT2D eigenvalue weighted by Gasteiger charge is -2.07. The molecule has 0 fully saturated rings. The van der Waals surface area contributed by atoms with E-state index in [2.05, 4.69) is 10.0 Å². The molecule has 3 N–H and O–H groups in total. The molecule has 0 aliphatic heterocycles. The number of carboxylic acid groups (broad SMARTS) is 1. The first-order valence-corrected chi connectivity index (χ1v) is 7.26. The predicted molar refractivity (Wildman–Crippen MR) is 68.0 cm³/mol. The maximum Gasteiger partial charge on any atom is 0.336 e. The molecule has 100 valence electrons. The highest BCUT2D eigenvalue weighted by molar-refractivity contribution is 7.88. The number of benzene rings is 1. The summed E-state index contributed by atoms with van der Waals surface area (Å²) in [6.45, 7) is 1.09. The fourth-order valence-corrected chi connectivity index (χ4v) is 1.90.